The van der Waals surface area contributed by atoms with Crippen molar-refractivity contribution in [1.29, 1.82) is 0 Å². The molecular weight excluding hydrogens is 388 g/mol. The summed E-state index contributed by atoms with van der Waals surface area (Å²) in [5.74, 6) is -0.543. The molecule has 0 unspecified atom stereocenters. The van der Waals surface area contributed by atoms with Crippen LogP contribution in [-0.4, -0.2) is 32.0 Å². The van der Waals surface area contributed by atoms with Crippen LogP contribution in [0.25, 0.3) is 11.4 Å². The minimum absolute atomic E-state index is 0.166. The van der Waals surface area contributed by atoms with Crippen molar-refractivity contribution in [3.8, 4) is 11.4 Å². The average Bonchev–Trinajstić information content (AvgIpc) is 3.03. The Bertz CT molecular complexity index is 922. The lowest BCUT2D eigenvalue weighted by molar-refractivity contribution is -0.118. The number of aromatic nitrogens is 4. The number of amides is 2. The van der Waals surface area contributed by atoms with Gasteiger partial charge in [0, 0.05) is 15.6 Å². The number of para-hydroxylation sites is 1. The molecule has 25 heavy (non-hydrogen) atoms. The van der Waals surface area contributed by atoms with Crippen LogP contribution in [-0.2, 0) is 11.3 Å². The number of halogens is 1. The SMILES string of the molecule is NC(=O)Cn1nnc(-c2ccccc2NC(=O)c2ccc(Br)cc2)n1. The summed E-state index contributed by atoms with van der Waals surface area (Å²) in [4.78, 5) is 24.5. The van der Waals surface area contributed by atoms with E-state index in [1.54, 1.807) is 48.5 Å². The smallest absolute Gasteiger partial charge is 0.255 e. The van der Waals surface area contributed by atoms with Crippen LogP contribution in [0.4, 0.5) is 5.69 Å². The first-order valence-corrected chi connectivity index (χ1v) is 8.04. The van der Waals surface area contributed by atoms with E-state index < -0.39 is 5.91 Å². The van der Waals surface area contributed by atoms with E-state index >= 15 is 0 Å². The van der Waals surface area contributed by atoms with Crippen molar-refractivity contribution in [3.05, 3.63) is 58.6 Å². The Morgan fingerprint density at radius 3 is 2.56 bits per heavy atom. The Kier molecular flexibility index (Phi) is 4.85. The van der Waals surface area contributed by atoms with Crippen LogP contribution in [0.15, 0.2) is 53.0 Å². The topological polar surface area (TPSA) is 116 Å². The summed E-state index contributed by atoms with van der Waals surface area (Å²) >= 11 is 3.33. The molecule has 0 radical (unpaired) electrons. The Morgan fingerprint density at radius 1 is 1.12 bits per heavy atom. The summed E-state index contributed by atoms with van der Waals surface area (Å²) < 4.78 is 0.889. The average molecular weight is 401 g/mol. The number of carbonyl (C=O) groups is 2. The van der Waals surface area contributed by atoms with Gasteiger partial charge in [-0.05, 0) is 41.6 Å². The van der Waals surface area contributed by atoms with Gasteiger partial charge in [0.1, 0.15) is 6.54 Å². The molecule has 3 rings (SSSR count). The quantitative estimate of drug-likeness (QED) is 0.677. The van der Waals surface area contributed by atoms with Crippen molar-refractivity contribution < 1.29 is 9.59 Å². The second-order valence-corrected chi connectivity index (χ2v) is 6.03. The van der Waals surface area contributed by atoms with Crippen LogP contribution >= 0.6 is 15.9 Å². The number of nitrogens with one attached hydrogen (secondary N) is 1. The molecule has 0 aliphatic heterocycles. The highest BCUT2D eigenvalue weighted by Gasteiger charge is 2.14. The Morgan fingerprint density at radius 2 is 1.84 bits per heavy atom. The van der Waals surface area contributed by atoms with Crippen molar-refractivity contribution in [2.45, 2.75) is 6.54 Å². The fraction of sp³-hybridized carbons (Fsp3) is 0.0625. The number of carbonyl (C=O) groups excluding carboxylic acids is 2. The molecule has 2 aromatic carbocycles. The van der Waals surface area contributed by atoms with E-state index in [2.05, 4.69) is 36.7 Å². The molecule has 0 atom stereocenters. The van der Waals surface area contributed by atoms with Crippen LogP contribution < -0.4 is 11.1 Å². The molecule has 0 aliphatic carbocycles. The highest BCUT2D eigenvalue weighted by Crippen LogP contribution is 2.25. The first kappa shape index (κ1) is 16.8. The maximum Gasteiger partial charge on any atom is 0.255 e. The van der Waals surface area contributed by atoms with Gasteiger partial charge in [0.25, 0.3) is 5.91 Å². The van der Waals surface area contributed by atoms with Crippen LogP contribution in [0.1, 0.15) is 10.4 Å². The van der Waals surface area contributed by atoms with Crippen molar-refractivity contribution in [1.82, 2.24) is 20.2 Å². The molecule has 8 nitrogen and oxygen atoms in total. The van der Waals surface area contributed by atoms with E-state index in [1.165, 1.54) is 0 Å². The molecule has 0 fully saturated rings. The van der Waals surface area contributed by atoms with E-state index in [0.29, 0.717) is 16.8 Å². The minimum atomic E-state index is -0.569. The second-order valence-electron chi connectivity index (χ2n) is 5.12. The summed E-state index contributed by atoms with van der Waals surface area (Å²) in [5, 5.41) is 14.6. The van der Waals surface area contributed by atoms with Gasteiger partial charge >= 0.3 is 0 Å². The number of hydrogen-bond acceptors (Lipinski definition) is 5. The van der Waals surface area contributed by atoms with Gasteiger partial charge in [-0.3, -0.25) is 9.59 Å². The van der Waals surface area contributed by atoms with E-state index in [-0.39, 0.29) is 18.3 Å². The maximum absolute atomic E-state index is 12.4. The van der Waals surface area contributed by atoms with Gasteiger partial charge < -0.3 is 11.1 Å². The van der Waals surface area contributed by atoms with Crippen molar-refractivity contribution >= 4 is 33.4 Å². The lowest BCUT2D eigenvalue weighted by Crippen LogP contribution is -2.20. The molecular formula is C16H13BrN6O2. The summed E-state index contributed by atoms with van der Waals surface area (Å²) in [5.41, 5.74) is 6.76. The predicted octanol–water partition coefficient (Wildman–Crippen LogP) is 1.84. The maximum atomic E-state index is 12.4. The molecule has 0 bridgehead atoms. The monoisotopic (exact) mass is 400 g/mol. The van der Waals surface area contributed by atoms with E-state index in [9.17, 15) is 9.59 Å². The van der Waals surface area contributed by atoms with Gasteiger partial charge in [-0.25, -0.2) is 0 Å². The number of hydrogen-bond donors (Lipinski definition) is 2. The molecule has 126 valence electrons. The second kappa shape index (κ2) is 7.22. The van der Waals surface area contributed by atoms with Crippen LogP contribution in [0, 0.1) is 0 Å². The third-order valence-corrected chi connectivity index (χ3v) is 3.80. The van der Waals surface area contributed by atoms with E-state index in [0.717, 1.165) is 9.27 Å². The zero-order chi connectivity index (χ0) is 17.8. The minimum Gasteiger partial charge on any atom is -0.368 e. The molecule has 3 aromatic rings. The van der Waals surface area contributed by atoms with Gasteiger partial charge in [-0.15, -0.1) is 10.2 Å². The zero-order valence-corrected chi connectivity index (χ0v) is 14.5. The van der Waals surface area contributed by atoms with Crippen LogP contribution in [0.5, 0.6) is 0 Å². The molecule has 0 spiro atoms. The van der Waals surface area contributed by atoms with Gasteiger partial charge in [0.2, 0.25) is 11.7 Å². The van der Waals surface area contributed by atoms with Gasteiger partial charge in [-0.2, -0.15) is 4.80 Å². The number of nitrogens with zero attached hydrogens (tertiary/aromatic N) is 4. The van der Waals surface area contributed by atoms with Crippen LogP contribution in [0.3, 0.4) is 0 Å². The largest absolute Gasteiger partial charge is 0.368 e. The Balaban J connectivity index is 1.86. The first-order valence-electron chi connectivity index (χ1n) is 7.25. The summed E-state index contributed by atoms with van der Waals surface area (Å²) in [6.07, 6.45) is 0. The molecule has 0 saturated carbocycles. The molecule has 9 heteroatoms. The highest BCUT2D eigenvalue weighted by atomic mass is 79.9. The summed E-state index contributed by atoms with van der Waals surface area (Å²) in [7, 11) is 0. The van der Waals surface area contributed by atoms with Crippen LogP contribution in [0.2, 0.25) is 0 Å². The fourth-order valence-electron chi connectivity index (χ4n) is 2.14. The molecule has 1 heterocycles. The number of rotatable bonds is 5. The van der Waals surface area contributed by atoms with Crippen molar-refractivity contribution in [2.24, 2.45) is 5.73 Å². The molecule has 3 N–H and O–H groups in total. The number of tetrazole rings is 1. The molecule has 2 amide bonds. The fourth-order valence-corrected chi connectivity index (χ4v) is 2.40. The Hall–Kier alpha value is -3.07. The number of benzene rings is 2. The van der Waals surface area contributed by atoms with E-state index in [1.807, 2.05) is 0 Å². The number of anilines is 1. The van der Waals surface area contributed by atoms with Crippen molar-refractivity contribution in [2.75, 3.05) is 5.32 Å². The van der Waals surface area contributed by atoms with Gasteiger partial charge in [0.15, 0.2) is 0 Å². The number of primary amides is 1. The lowest BCUT2D eigenvalue weighted by atomic mass is 10.1. The number of nitrogens with two attached hydrogens (primary N) is 1. The van der Waals surface area contributed by atoms with Gasteiger partial charge in [0.05, 0.1) is 5.69 Å². The normalized spacial score (nSPS) is 10.4. The molecule has 0 aliphatic rings. The third-order valence-electron chi connectivity index (χ3n) is 3.27. The van der Waals surface area contributed by atoms with Crippen molar-refractivity contribution in [3.63, 3.8) is 0 Å². The highest BCUT2D eigenvalue weighted by molar-refractivity contribution is 9.10. The predicted molar refractivity (Wildman–Crippen MR) is 94.5 cm³/mol. The summed E-state index contributed by atoms with van der Waals surface area (Å²) in [6.45, 7) is -0.166. The van der Waals surface area contributed by atoms with E-state index in [4.69, 9.17) is 5.73 Å². The first-order chi connectivity index (χ1) is 12.0. The zero-order valence-electron chi connectivity index (χ0n) is 12.9. The van der Waals surface area contributed by atoms with Gasteiger partial charge in [-0.1, -0.05) is 28.1 Å². The Labute approximate surface area is 151 Å². The standard InChI is InChI=1S/C16H13BrN6O2/c17-11-7-5-10(6-8-11)16(25)19-13-4-2-1-3-12(13)15-20-22-23(21-15)9-14(18)24/h1-8H,9H2,(H2,18,24)(H,19,25). The summed E-state index contributed by atoms with van der Waals surface area (Å²) in [6, 6.07) is 14.1. The molecule has 1 aromatic heterocycles. The lowest BCUT2D eigenvalue weighted by Gasteiger charge is -2.08. The third kappa shape index (κ3) is 4.07. The molecule has 0 saturated heterocycles.